The van der Waals surface area contributed by atoms with E-state index in [1.54, 1.807) is 13.8 Å². The Morgan fingerprint density at radius 1 is 1.37 bits per heavy atom. The van der Waals surface area contributed by atoms with Crippen molar-refractivity contribution in [3.63, 3.8) is 0 Å². The zero-order valence-electron chi connectivity index (χ0n) is 10.7. The van der Waals surface area contributed by atoms with Crippen molar-refractivity contribution in [3.05, 3.63) is 12.0 Å². The van der Waals surface area contributed by atoms with Crippen LogP contribution in [0, 0.1) is 0 Å². The molecule has 9 heteroatoms. The largest absolute Gasteiger partial charge is 0.402 e. The van der Waals surface area contributed by atoms with Crippen molar-refractivity contribution in [1.29, 1.82) is 0 Å². The summed E-state index contributed by atoms with van der Waals surface area (Å²) in [4.78, 5) is 6.32. The molecule has 0 spiro atoms. The number of aryl methyl sites for hydroxylation is 1. The molecule has 0 atom stereocenters. The van der Waals surface area contributed by atoms with E-state index < -0.39 is 22.7 Å². The molecule has 0 aliphatic carbocycles. The maximum Gasteiger partial charge on any atom is 0.402 e. The normalized spacial score (nSPS) is 13.2. The lowest BCUT2D eigenvalue weighted by Crippen LogP contribution is -2.39. The molecule has 110 valence electrons. The highest BCUT2D eigenvalue weighted by Crippen LogP contribution is 2.22. The SMILES string of the molecule is CCCN(CC(F)(F)F)S(=O)(=O)c1cnc(CC)[nH]1. The molecular formula is C10H16F3N3O2S. The zero-order valence-corrected chi connectivity index (χ0v) is 11.5. The summed E-state index contributed by atoms with van der Waals surface area (Å²) in [5.74, 6) is 0.419. The molecule has 0 aliphatic heterocycles. The summed E-state index contributed by atoms with van der Waals surface area (Å²) in [6.07, 6.45) is -2.75. The average molecular weight is 299 g/mol. The maximum absolute atomic E-state index is 12.4. The third kappa shape index (κ3) is 4.20. The summed E-state index contributed by atoms with van der Waals surface area (Å²) >= 11 is 0. The third-order valence-electron chi connectivity index (χ3n) is 2.39. The van der Waals surface area contributed by atoms with Crippen LogP contribution in [0.1, 0.15) is 26.1 Å². The molecule has 5 nitrogen and oxygen atoms in total. The number of nitrogens with one attached hydrogen (secondary N) is 1. The molecule has 0 radical (unpaired) electrons. The quantitative estimate of drug-likeness (QED) is 0.873. The average Bonchev–Trinajstić information content (AvgIpc) is 2.75. The predicted molar refractivity (Wildman–Crippen MR) is 63.1 cm³/mol. The fourth-order valence-corrected chi connectivity index (χ4v) is 2.98. The lowest BCUT2D eigenvalue weighted by molar-refractivity contribution is -0.136. The van der Waals surface area contributed by atoms with Crippen LogP contribution in [-0.4, -0.2) is 42.0 Å². The second kappa shape index (κ2) is 5.91. The van der Waals surface area contributed by atoms with Crippen molar-refractivity contribution >= 4 is 10.0 Å². The minimum atomic E-state index is -4.57. The second-order valence-corrected chi connectivity index (χ2v) is 5.91. The van der Waals surface area contributed by atoms with Gasteiger partial charge in [-0.1, -0.05) is 13.8 Å². The van der Waals surface area contributed by atoms with Crippen molar-refractivity contribution < 1.29 is 21.6 Å². The molecule has 0 aliphatic rings. The first-order valence-corrected chi connectivity index (χ1v) is 7.25. The summed E-state index contributed by atoms with van der Waals surface area (Å²) in [6.45, 7) is 1.68. The number of nitrogens with zero attached hydrogens (tertiary/aromatic N) is 2. The second-order valence-electron chi connectivity index (χ2n) is 4.00. The van der Waals surface area contributed by atoms with Crippen molar-refractivity contribution in [3.8, 4) is 0 Å². The number of hydrogen-bond donors (Lipinski definition) is 1. The summed E-state index contributed by atoms with van der Waals surface area (Å²) in [6, 6.07) is 0. The molecule has 0 unspecified atom stereocenters. The van der Waals surface area contributed by atoms with E-state index >= 15 is 0 Å². The van der Waals surface area contributed by atoms with Crippen LogP contribution in [0.5, 0.6) is 0 Å². The standard InChI is InChI=1S/C10H16F3N3O2S/c1-3-5-16(7-10(11,12)13)19(17,18)9-6-14-8(4-2)15-9/h6H,3-5,7H2,1-2H3,(H,14,15). The summed E-state index contributed by atoms with van der Waals surface area (Å²) in [5.41, 5.74) is 0. The highest BCUT2D eigenvalue weighted by atomic mass is 32.2. The van der Waals surface area contributed by atoms with E-state index in [1.807, 2.05) is 0 Å². The first-order valence-electron chi connectivity index (χ1n) is 5.81. The first-order chi connectivity index (χ1) is 8.70. The van der Waals surface area contributed by atoms with E-state index in [1.165, 1.54) is 0 Å². The van der Waals surface area contributed by atoms with Crippen LogP contribution in [0.15, 0.2) is 11.2 Å². The highest BCUT2D eigenvalue weighted by Gasteiger charge is 2.37. The Kier molecular flexibility index (Phi) is 4.97. The van der Waals surface area contributed by atoms with Gasteiger partial charge in [0.1, 0.15) is 12.4 Å². The Morgan fingerprint density at radius 2 is 2.00 bits per heavy atom. The summed E-state index contributed by atoms with van der Waals surface area (Å²) in [5, 5.41) is -0.304. The van der Waals surface area contributed by atoms with Gasteiger partial charge in [0.15, 0.2) is 5.03 Å². The predicted octanol–water partition coefficient (Wildman–Crippen LogP) is 1.94. The summed E-state index contributed by atoms with van der Waals surface area (Å²) in [7, 11) is -4.19. The third-order valence-corrected chi connectivity index (χ3v) is 4.14. The van der Waals surface area contributed by atoms with Gasteiger partial charge in [-0.05, 0) is 6.42 Å². The van der Waals surface area contributed by atoms with Gasteiger partial charge in [0.2, 0.25) is 0 Å². The van der Waals surface area contributed by atoms with Gasteiger partial charge in [-0.15, -0.1) is 0 Å². The molecule has 1 heterocycles. The molecule has 0 bridgehead atoms. The molecule has 1 rings (SSSR count). The Labute approximate surface area is 109 Å². The Hall–Kier alpha value is -1.09. The van der Waals surface area contributed by atoms with Crippen molar-refractivity contribution in [2.75, 3.05) is 13.1 Å². The summed E-state index contributed by atoms with van der Waals surface area (Å²) < 4.78 is 61.8. The van der Waals surface area contributed by atoms with Gasteiger partial charge in [-0.25, -0.2) is 13.4 Å². The molecule has 0 aromatic carbocycles. The number of hydrogen-bond acceptors (Lipinski definition) is 3. The van der Waals surface area contributed by atoms with Gasteiger partial charge in [-0.2, -0.15) is 17.5 Å². The molecule has 0 fully saturated rings. The number of alkyl halides is 3. The lowest BCUT2D eigenvalue weighted by atomic mass is 10.5. The van der Waals surface area contributed by atoms with E-state index in [2.05, 4.69) is 9.97 Å². The van der Waals surface area contributed by atoms with Gasteiger partial charge in [0.25, 0.3) is 10.0 Å². The maximum atomic E-state index is 12.4. The Balaban J connectivity index is 3.05. The molecule has 0 saturated carbocycles. The Bertz CT molecular complexity index is 510. The lowest BCUT2D eigenvalue weighted by Gasteiger charge is -2.21. The van der Waals surface area contributed by atoms with Gasteiger partial charge in [0.05, 0.1) is 6.20 Å². The Morgan fingerprint density at radius 3 is 2.42 bits per heavy atom. The number of halogens is 3. The fraction of sp³-hybridized carbons (Fsp3) is 0.700. The van der Waals surface area contributed by atoms with Crippen LogP contribution in [0.2, 0.25) is 0 Å². The molecule has 1 aromatic heterocycles. The molecule has 0 amide bonds. The number of H-pyrrole nitrogens is 1. The molecule has 19 heavy (non-hydrogen) atoms. The van der Waals surface area contributed by atoms with Crippen LogP contribution in [0.25, 0.3) is 0 Å². The van der Waals surface area contributed by atoms with Crippen molar-refractivity contribution in [2.45, 2.75) is 37.9 Å². The van der Waals surface area contributed by atoms with E-state index in [0.29, 0.717) is 23.0 Å². The monoisotopic (exact) mass is 299 g/mol. The molecular weight excluding hydrogens is 283 g/mol. The smallest absolute Gasteiger partial charge is 0.332 e. The van der Waals surface area contributed by atoms with Crippen LogP contribution < -0.4 is 0 Å². The van der Waals surface area contributed by atoms with Gasteiger partial charge >= 0.3 is 6.18 Å². The van der Waals surface area contributed by atoms with E-state index in [4.69, 9.17) is 0 Å². The van der Waals surface area contributed by atoms with E-state index in [-0.39, 0.29) is 11.6 Å². The highest BCUT2D eigenvalue weighted by molar-refractivity contribution is 7.89. The van der Waals surface area contributed by atoms with Crippen molar-refractivity contribution in [2.24, 2.45) is 0 Å². The minimum absolute atomic E-state index is 0.192. The van der Waals surface area contributed by atoms with Crippen LogP contribution in [0.3, 0.4) is 0 Å². The topological polar surface area (TPSA) is 66.1 Å². The number of rotatable bonds is 6. The van der Waals surface area contributed by atoms with Crippen LogP contribution in [0.4, 0.5) is 13.2 Å². The molecule has 0 saturated heterocycles. The molecule has 1 N–H and O–H groups in total. The number of aromatic nitrogens is 2. The number of aromatic amines is 1. The van der Waals surface area contributed by atoms with E-state index in [9.17, 15) is 21.6 Å². The first kappa shape index (κ1) is 16.0. The minimum Gasteiger partial charge on any atom is -0.332 e. The number of imidazole rings is 1. The van der Waals surface area contributed by atoms with Gasteiger partial charge in [0, 0.05) is 13.0 Å². The van der Waals surface area contributed by atoms with Crippen molar-refractivity contribution in [1.82, 2.24) is 14.3 Å². The number of sulfonamides is 1. The van der Waals surface area contributed by atoms with Gasteiger partial charge in [-0.3, -0.25) is 0 Å². The fourth-order valence-electron chi connectivity index (χ4n) is 1.53. The zero-order chi connectivity index (χ0) is 14.7. The molecule has 1 aromatic rings. The van der Waals surface area contributed by atoms with Crippen LogP contribution in [-0.2, 0) is 16.4 Å². The van der Waals surface area contributed by atoms with E-state index in [0.717, 1.165) is 6.20 Å². The van der Waals surface area contributed by atoms with Gasteiger partial charge < -0.3 is 4.98 Å². The van der Waals surface area contributed by atoms with Crippen LogP contribution >= 0.6 is 0 Å².